The highest BCUT2D eigenvalue weighted by Crippen LogP contribution is 2.31. The number of hydrogen-bond acceptors (Lipinski definition) is 4. The summed E-state index contributed by atoms with van der Waals surface area (Å²) >= 11 is 0. The molecule has 1 aliphatic rings. The van der Waals surface area contributed by atoms with E-state index in [4.69, 9.17) is 9.47 Å². The van der Waals surface area contributed by atoms with E-state index in [1.807, 2.05) is 38.1 Å². The van der Waals surface area contributed by atoms with Crippen LogP contribution in [0.3, 0.4) is 0 Å². The quantitative estimate of drug-likeness (QED) is 0.726. The Morgan fingerprint density at radius 1 is 1.00 bits per heavy atom. The summed E-state index contributed by atoms with van der Waals surface area (Å²) in [5.41, 5.74) is 2.81. The number of ether oxygens (including phenoxy) is 2. The molecule has 1 aliphatic heterocycles. The summed E-state index contributed by atoms with van der Waals surface area (Å²) in [6.45, 7) is 5.02. The first-order chi connectivity index (χ1) is 13.0. The van der Waals surface area contributed by atoms with Gasteiger partial charge in [-0.2, -0.15) is 0 Å². The molecule has 0 saturated carbocycles. The van der Waals surface area contributed by atoms with Crippen LogP contribution in [-0.2, 0) is 4.79 Å². The maximum atomic E-state index is 12.5. The highest BCUT2D eigenvalue weighted by molar-refractivity contribution is 5.98. The predicted octanol–water partition coefficient (Wildman–Crippen LogP) is 3.95. The van der Waals surface area contributed by atoms with Crippen molar-refractivity contribution in [3.05, 3.63) is 59.2 Å². The Bertz CT molecular complexity index is 829. The number of carbonyl (C=O) groups excluding carboxylic acids is 2. The van der Waals surface area contributed by atoms with Crippen LogP contribution in [0, 0.1) is 6.92 Å². The Morgan fingerprint density at radius 2 is 1.67 bits per heavy atom. The molecule has 5 heteroatoms. The smallest absolute Gasteiger partial charge is 0.223 e. The van der Waals surface area contributed by atoms with Gasteiger partial charge in [0, 0.05) is 25.5 Å². The van der Waals surface area contributed by atoms with Gasteiger partial charge in [0.15, 0.2) is 17.3 Å². The molecule has 0 spiro atoms. The molecule has 2 aromatic rings. The highest BCUT2D eigenvalue weighted by Gasteiger charge is 2.20. The summed E-state index contributed by atoms with van der Waals surface area (Å²) in [7, 11) is 1.78. The van der Waals surface area contributed by atoms with E-state index in [9.17, 15) is 9.59 Å². The Morgan fingerprint density at radius 3 is 2.37 bits per heavy atom. The second-order valence-corrected chi connectivity index (χ2v) is 6.87. The SMILES string of the molecule is Cc1ccc(C(C)N(C)C(=O)CCC(=O)c2ccc3c(c2)OCCO3)cc1. The summed E-state index contributed by atoms with van der Waals surface area (Å²) in [5, 5.41) is 0. The number of nitrogens with zero attached hydrogens (tertiary/aromatic N) is 1. The largest absolute Gasteiger partial charge is 0.486 e. The lowest BCUT2D eigenvalue weighted by Crippen LogP contribution is -2.29. The normalized spacial score (nSPS) is 13.7. The molecule has 1 atom stereocenters. The van der Waals surface area contributed by atoms with E-state index in [1.54, 1.807) is 30.1 Å². The van der Waals surface area contributed by atoms with Crippen molar-refractivity contribution in [2.75, 3.05) is 20.3 Å². The first-order valence-corrected chi connectivity index (χ1v) is 9.21. The summed E-state index contributed by atoms with van der Waals surface area (Å²) in [6, 6.07) is 13.3. The molecular weight excluding hydrogens is 342 g/mol. The number of rotatable bonds is 6. The topological polar surface area (TPSA) is 55.8 Å². The molecule has 1 unspecified atom stereocenters. The molecule has 0 saturated heterocycles. The Balaban J connectivity index is 1.57. The van der Waals surface area contributed by atoms with Crippen LogP contribution in [0.2, 0.25) is 0 Å². The van der Waals surface area contributed by atoms with Gasteiger partial charge < -0.3 is 14.4 Å². The molecule has 27 heavy (non-hydrogen) atoms. The van der Waals surface area contributed by atoms with Gasteiger partial charge in [0.1, 0.15) is 13.2 Å². The van der Waals surface area contributed by atoms with Gasteiger partial charge in [-0.25, -0.2) is 0 Å². The zero-order valence-corrected chi connectivity index (χ0v) is 16.0. The van der Waals surface area contributed by atoms with Crippen LogP contribution in [-0.4, -0.2) is 36.9 Å². The molecule has 5 nitrogen and oxygen atoms in total. The van der Waals surface area contributed by atoms with Crippen LogP contribution < -0.4 is 9.47 Å². The number of benzene rings is 2. The van der Waals surface area contributed by atoms with Crippen molar-refractivity contribution in [2.24, 2.45) is 0 Å². The minimum Gasteiger partial charge on any atom is -0.486 e. The molecule has 3 rings (SSSR count). The van der Waals surface area contributed by atoms with Gasteiger partial charge in [0.25, 0.3) is 0 Å². The lowest BCUT2D eigenvalue weighted by Gasteiger charge is -2.25. The molecule has 1 amide bonds. The van der Waals surface area contributed by atoms with Crippen molar-refractivity contribution in [2.45, 2.75) is 32.7 Å². The van der Waals surface area contributed by atoms with E-state index in [0.29, 0.717) is 30.3 Å². The van der Waals surface area contributed by atoms with Crippen LogP contribution >= 0.6 is 0 Å². The third-order valence-electron chi connectivity index (χ3n) is 4.96. The first-order valence-electron chi connectivity index (χ1n) is 9.21. The van der Waals surface area contributed by atoms with Gasteiger partial charge in [-0.05, 0) is 37.6 Å². The minimum absolute atomic E-state index is 0.0394. The summed E-state index contributed by atoms with van der Waals surface area (Å²) in [6.07, 6.45) is 0.351. The van der Waals surface area contributed by atoms with Crippen LogP contribution in [0.25, 0.3) is 0 Å². The first kappa shape index (κ1) is 19.0. The van der Waals surface area contributed by atoms with E-state index in [0.717, 1.165) is 5.56 Å². The lowest BCUT2D eigenvalue weighted by atomic mass is 10.0. The van der Waals surface area contributed by atoms with Gasteiger partial charge in [0.2, 0.25) is 5.91 Å². The maximum Gasteiger partial charge on any atom is 0.223 e. The number of fused-ring (bicyclic) bond motifs is 1. The molecule has 0 aliphatic carbocycles. The molecule has 2 aromatic carbocycles. The highest BCUT2D eigenvalue weighted by atomic mass is 16.6. The fourth-order valence-corrected chi connectivity index (χ4v) is 3.04. The zero-order valence-electron chi connectivity index (χ0n) is 16.0. The molecule has 0 radical (unpaired) electrons. The second-order valence-electron chi connectivity index (χ2n) is 6.87. The van der Waals surface area contributed by atoms with Gasteiger partial charge in [-0.15, -0.1) is 0 Å². The molecule has 1 heterocycles. The summed E-state index contributed by atoms with van der Waals surface area (Å²) < 4.78 is 11.0. The number of hydrogen-bond donors (Lipinski definition) is 0. The van der Waals surface area contributed by atoms with Crippen LogP contribution in [0.15, 0.2) is 42.5 Å². The Kier molecular flexibility index (Phi) is 5.79. The predicted molar refractivity (Wildman–Crippen MR) is 103 cm³/mol. The Labute approximate surface area is 159 Å². The van der Waals surface area contributed by atoms with Crippen molar-refractivity contribution in [1.29, 1.82) is 0 Å². The van der Waals surface area contributed by atoms with Crippen LogP contribution in [0.1, 0.15) is 47.3 Å². The summed E-state index contributed by atoms with van der Waals surface area (Å²) in [5.74, 6) is 1.12. The number of amides is 1. The summed E-state index contributed by atoms with van der Waals surface area (Å²) in [4.78, 5) is 26.7. The molecule has 0 aromatic heterocycles. The number of ketones is 1. The van der Waals surface area contributed by atoms with Crippen molar-refractivity contribution in [3.63, 3.8) is 0 Å². The molecule has 142 valence electrons. The number of aryl methyl sites for hydroxylation is 1. The second kappa shape index (κ2) is 8.25. The molecule has 0 fully saturated rings. The molecule has 0 N–H and O–H groups in total. The minimum atomic E-state index is -0.0725. The third-order valence-corrected chi connectivity index (χ3v) is 4.96. The van der Waals surface area contributed by atoms with E-state index < -0.39 is 0 Å². The van der Waals surface area contributed by atoms with Gasteiger partial charge in [0.05, 0.1) is 6.04 Å². The van der Waals surface area contributed by atoms with Crippen molar-refractivity contribution >= 4 is 11.7 Å². The fourth-order valence-electron chi connectivity index (χ4n) is 3.04. The van der Waals surface area contributed by atoms with E-state index >= 15 is 0 Å². The number of carbonyl (C=O) groups is 2. The Hall–Kier alpha value is -2.82. The van der Waals surface area contributed by atoms with Crippen LogP contribution in [0.5, 0.6) is 11.5 Å². The van der Waals surface area contributed by atoms with Gasteiger partial charge in [-0.3, -0.25) is 9.59 Å². The van der Waals surface area contributed by atoms with Crippen molar-refractivity contribution in [1.82, 2.24) is 4.90 Å². The van der Waals surface area contributed by atoms with Crippen molar-refractivity contribution < 1.29 is 19.1 Å². The lowest BCUT2D eigenvalue weighted by molar-refractivity contribution is -0.131. The third kappa shape index (κ3) is 4.48. The molecular formula is C22H25NO4. The van der Waals surface area contributed by atoms with E-state index in [-0.39, 0.29) is 30.6 Å². The van der Waals surface area contributed by atoms with Crippen molar-refractivity contribution in [3.8, 4) is 11.5 Å². The van der Waals surface area contributed by atoms with E-state index in [1.165, 1.54) is 5.56 Å². The van der Waals surface area contributed by atoms with Gasteiger partial charge in [-0.1, -0.05) is 29.8 Å². The van der Waals surface area contributed by atoms with E-state index in [2.05, 4.69) is 0 Å². The average molecular weight is 367 g/mol. The fraction of sp³-hybridized carbons (Fsp3) is 0.364. The monoisotopic (exact) mass is 367 g/mol. The standard InChI is InChI=1S/C22H25NO4/c1-15-4-6-17(7-5-15)16(2)23(3)22(25)11-9-19(24)18-8-10-20-21(14-18)27-13-12-26-20/h4-8,10,14,16H,9,11-13H2,1-3H3. The number of Topliss-reactive ketones (excluding diaryl/α,β-unsaturated/α-hetero) is 1. The zero-order chi connectivity index (χ0) is 19.4. The maximum absolute atomic E-state index is 12.5. The average Bonchev–Trinajstić information content (AvgIpc) is 2.70. The molecule has 0 bridgehead atoms. The van der Waals surface area contributed by atoms with Crippen LogP contribution in [0.4, 0.5) is 0 Å². The van der Waals surface area contributed by atoms with Gasteiger partial charge >= 0.3 is 0 Å².